The predicted molar refractivity (Wildman–Crippen MR) is 92.8 cm³/mol. The van der Waals surface area contributed by atoms with Gasteiger partial charge in [-0.3, -0.25) is 0 Å². The Morgan fingerprint density at radius 1 is 1.18 bits per heavy atom. The highest BCUT2D eigenvalue weighted by molar-refractivity contribution is 5.93. The third-order valence-corrected chi connectivity index (χ3v) is 3.92. The molecule has 0 aliphatic carbocycles. The molecule has 0 unspecified atom stereocenters. The van der Waals surface area contributed by atoms with Crippen LogP contribution in [0.3, 0.4) is 0 Å². The highest BCUT2D eigenvalue weighted by Gasteiger charge is 2.20. The molecule has 2 heterocycles. The molecule has 0 bridgehead atoms. The number of aromatic amines is 1. The van der Waals surface area contributed by atoms with Gasteiger partial charge in [0, 0.05) is 29.0 Å². The van der Waals surface area contributed by atoms with Crippen molar-refractivity contribution >= 4 is 16.7 Å². The number of benzene rings is 1. The van der Waals surface area contributed by atoms with E-state index in [0.29, 0.717) is 6.67 Å². The number of pyridine rings is 1. The molecule has 22 heavy (non-hydrogen) atoms. The Morgan fingerprint density at radius 3 is 2.73 bits per heavy atom. The highest BCUT2D eigenvalue weighted by Crippen LogP contribution is 2.31. The number of rotatable bonds is 3. The Labute approximate surface area is 131 Å². The molecule has 0 amide bonds. The Kier molecular flexibility index (Phi) is 3.62. The van der Waals surface area contributed by atoms with Gasteiger partial charge < -0.3 is 15.6 Å². The summed E-state index contributed by atoms with van der Waals surface area (Å²) in [5.41, 5.74) is 10.3. The van der Waals surface area contributed by atoms with Crippen molar-refractivity contribution in [2.24, 2.45) is 5.73 Å². The lowest BCUT2D eigenvalue weighted by molar-refractivity contribution is 0.508. The maximum Gasteiger partial charge on any atom is 0.137 e. The van der Waals surface area contributed by atoms with E-state index < -0.39 is 0 Å². The molecule has 0 atom stereocenters. The van der Waals surface area contributed by atoms with Crippen LogP contribution in [0.1, 0.15) is 20.8 Å². The first-order chi connectivity index (χ1) is 10.5. The van der Waals surface area contributed by atoms with Gasteiger partial charge in [-0.15, -0.1) is 0 Å². The van der Waals surface area contributed by atoms with Crippen molar-refractivity contribution in [1.29, 1.82) is 0 Å². The summed E-state index contributed by atoms with van der Waals surface area (Å²) in [7, 11) is 0. The van der Waals surface area contributed by atoms with Crippen LogP contribution < -0.4 is 10.6 Å². The summed E-state index contributed by atoms with van der Waals surface area (Å²) in [6.07, 6.45) is 3.76. The van der Waals surface area contributed by atoms with Gasteiger partial charge in [0.05, 0.1) is 6.67 Å². The third-order valence-electron chi connectivity index (χ3n) is 3.92. The van der Waals surface area contributed by atoms with Crippen LogP contribution in [0.15, 0.2) is 48.8 Å². The topological polar surface area (TPSA) is 57.9 Å². The highest BCUT2D eigenvalue weighted by atomic mass is 15.2. The van der Waals surface area contributed by atoms with E-state index in [0.717, 1.165) is 16.7 Å². The molecule has 3 rings (SSSR count). The van der Waals surface area contributed by atoms with Gasteiger partial charge in [-0.2, -0.15) is 0 Å². The van der Waals surface area contributed by atoms with E-state index in [-0.39, 0.29) is 5.54 Å². The number of nitrogens with one attached hydrogen (secondary N) is 1. The summed E-state index contributed by atoms with van der Waals surface area (Å²) in [6.45, 7) is 7.00. The molecule has 0 aliphatic rings. The molecule has 0 saturated heterocycles. The van der Waals surface area contributed by atoms with Crippen LogP contribution in [0.25, 0.3) is 22.2 Å². The van der Waals surface area contributed by atoms with E-state index in [1.54, 1.807) is 0 Å². The second-order valence-electron chi connectivity index (χ2n) is 6.43. The first-order valence-corrected chi connectivity index (χ1v) is 7.51. The van der Waals surface area contributed by atoms with Crippen LogP contribution in [0.2, 0.25) is 0 Å². The summed E-state index contributed by atoms with van der Waals surface area (Å²) in [6, 6.07) is 12.6. The van der Waals surface area contributed by atoms with E-state index in [4.69, 9.17) is 5.73 Å². The van der Waals surface area contributed by atoms with Gasteiger partial charge in [0.15, 0.2) is 0 Å². The smallest absolute Gasteiger partial charge is 0.137 e. The van der Waals surface area contributed by atoms with Crippen molar-refractivity contribution in [1.82, 2.24) is 9.97 Å². The third kappa shape index (κ3) is 2.57. The standard InChI is InChI=1S/C18H22N4/c1-18(2,3)22(12-19)14-6-4-5-13(11-14)15-7-9-20-17-16(15)8-10-21-17/h4-11H,12,19H2,1-3H3,(H,20,21). The molecule has 1 aromatic carbocycles. The molecule has 0 spiro atoms. The zero-order valence-corrected chi connectivity index (χ0v) is 13.3. The van der Waals surface area contributed by atoms with Gasteiger partial charge in [0.2, 0.25) is 0 Å². The summed E-state index contributed by atoms with van der Waals surface area (Å²) in [4.78, 5) is 9.72. The molecule has 4 nitrogen and oxygen atoms in total. The molecule has 3 N–H and O–H groups in total. The number of nitrogens with zero attached hydrogens (tertiary/aromatic N) is 2. The van der Waals surface area contributed by atoms with Crippen molar-refractivity contribution in [3.63, 3.8) is 0 Å². The monoisotopic (exact) mass is 294 g/mol. The van der Waals surface area contributed by atoms with Gasteiger partial charge in [-0.25, -0.2) is 4.98 Å². The molecular formula is C18H22N4. The van der Waals surface area contributed by atoms with Crippen LogP contribution in [-0.4, -0.2) is 22.2 Å². The van der Waals surface area contributed by atoms with E-state index in [1.807, 2.05) is 12.4 Å². The molecular weight excluding hydrogens is 272 g/mol. The average Bonchev–Trinajstić information content (AvgIpc) is 2.95. The van der Waals surface area contributed by atoms with Gasteiger partial charge >= 0.3 is 0 Å². The lowest BCUT2D eigenvalue weighted by Crippen LogP contribution is -2.45. The van der Waals surface area contributed by atoms with Gasteiger partial charge in [-0.05, 0) is 56.2 Å². The molecule has 3 aromatic rings. The predicted octanol–water partition coefficient (Wildman–Crippen LogP) is 3.75. The molecule has 0 saturated carbocycles. The minimum Gasteiger partial charge on any atom is -0.354 e. The fourth-order valence-electron chi connectivity index (χ4n) is 2.82. The molecule has 0 radical (unpaired) electrons. The quantitative estimate of drug-likeness (QED) is 0.723. The largest absolute Gasteiger partial charge is 0.354 e. The Hall–Kier alpha value is -2.33. The summed E-state index contributed by atoms with van der Waals surface area (Å²) in [5, 5.41) is 1.13. The van der Waals surface area contributed by atoms with Crippen molar-refractivity contribution in [3.8, 4) is 11.1 Å². The molecule has 0 fully saturated rings. The van der Waals surface area contributed by atoms with Crippen LogP contribution in [0, 0.1) is 0 Å². The summed E-state index contributed by atoms with van der Waals surface area (Å²) >= 11 is 0. The van der Waals surface area contributed by atoms with E-state index in [2.05, 4.69) is 72.0 Å². The maximum atomic E-state index is 5.96. The minimum absolute atomic E-state index is 0.0188. The number of hydrogen-bond donors (Lipinski definition) is 2. The number of H-pyrrole nitrogens is 1. The van der Waals surface area contributed by atoms with Crippen LogP contribution in [-0.2, 0) is 0 Å². The van der Waals surface area contributed by atoms with Crippen molar-refractivity contribution in [2.45, 2.75) is 26.3 Å². The van der Waals surface area contributed by atoms with Crippen LogP contribution >= 0.6 is 0 Å². The van der Waals surface area contributed by atoms with Crippen molar-refractivity contribution < 1.29 is 0 Å². The van der Waals surface area contributed by atoms with Crippen LogP contribution in [0.4, 0.5) is 5.69 Å². The first kappa shape index (κ1) is 14.6. The normalized spacial score (nSPS) is 11.8. The molecule has 0 aliphatic heterocycles. The lowest BCUT2D eigenvalue weighted by atomic mass is 10.0. The minimum atomic E-state index is -0.0188. The molecule has 2 aromatic heterocycles. The van der Waals surface area contributed by atoms with Crippen molar-refractivity contribution in [2.75, 3.05) is 11.6 Å². The van der Waals surface area contributed by atoms with E-state index >= 15 is 0 Å². The number of anilines is 1. The van der Waals surface area contributed by atoms with E-state index in [1.165, 1.54) is 11.1 Å². The summed E-state index contributed by atoms with van der Waals surface area (Å²) in [5.74, 6) is 0. The Balaban J connectivity index is 2.10. The van der Waals surface area contributed by atoms with Gasteiger partial charge in [-0.1, -0.05) is 12.1 Å². The fraction of sp³-hybridized carbons (Fsp3) is 0.278. The number of nitrogens with two attached hydrogens (primary N) is 1. The fourth-order valence-corrected chi connectivity index (χ4v) is 2.82. The van der Waals surface area contributed by atoms with Crippen molar-refractivity contribution in [3.05, 3.63) is 48.8 Å². The Bertz CT molecular complexity index is 783. The molecule has 4 heteroatoms. The Morgan fingerprint density at radius 2 is 2.00 bits per heavy atom. The maximum absolute atomic E-state index is 5.96. The second kappa shape index (κ2) is 5.46. The zero-order chi connectivity index (χ0) is 15.7. The average molecular weight is 294 g/mol. The van der Waals surface area contributed by atoms with Gasteiger partial charge in [0.25, 0.3) is 0 Å². The molecule has 114 valence electrons. The van der Waals surface area contributed by atoms with E-state index in [9.17, 15) is 0 Å². The number of fused-ring (bicyclic) bond motifs is 1. The number of aromatic nitrogens is 2. The number of hydrogen-bond acceptors (Lipinski definition) is 3. The summed E-state index contributed by atoms with van der Waals surface area (Å²) < 4.78 is 0. The zero-order valence-electron chi connectivity index (χ0n) is 13.3. The SMILES string of the molecule is CC(C)(C)N(CN)c1cccc(-c2ccnc3[nH]ccc23)c1. The second-order valence-corrected chi connectivity index (χ2v) is 6.43. The lowest BCUT2D eigenvalue weighted by Gasteiger charge is -2.36. The van der Waals surface area contributed by atoms with Crippen LogP contribution in [0.5, 0.6) is 0 Å². The first-order valence-electron chi connectivity index (χ1n) is 7.51. The van der Waals surface area contributed by atoms with Gasteiger partial charge in [0.1, 0.15) is 5.65 Å².